The number of carbonyl (C=O) groups is 1. The Kier molecular flexibility index (Phi) is 6.19. The van der Waals surface area contributed by atoms with E-state index in [0.29, 0.717) is 13.1 Å². The van der Waals surface area contributed by atoms with E-state index < -0.39 is 14.9 Å². The Bertz CT molecular complexity index is 796. The molecule has 9 nitrogen and oxygen atoms in total. The van der Waals surface area contributed by atoms with Gasteiger partial charge in [-0.15, -0.1) is 0 Å². The number of hydrogen-bond acceptors (Lipinski definition) is 6. The second-order valence-corrected chi connectivity index (χ2v) is 8.49. The second kappa shape index (κ2) is 8.00. The molecule has 1 atom stereocenters. The van der Waals surface area contributed by atoms with Crippen LogP contribution in [0, 0.1) is 16.0 Å². The largest absolute Gasteiger partial charge is 0.360 e. The molecule has 0 bridgehead atoms. The Labute approximate surface area is 153 Å². The molecule has 2 rings (SSSR count). The van der Waals surface area contributed by atoms with Crippen LogP contribution in [0.25, 0.3) is 0 Å². The quantitative estimate of drug-likeness (QED) is 0.582. The Morgan fingerprint density at radius 1 is 1.46 bits per heavy atom. The maximum absolute atomic E-state index is 12.8. The third kappa shape index (κ3) is 4.31. The number of nitro groups is 1. The van der Waals surface area contributed by atoms with Gasteiger partial charge in [-0.3, -0.25) is 14.9 Å². The standard InChI is InChI=1S/C16H24N4O5S/c1-12-5-4-8-19(10-12)26(24,25)13-6-7-14(15(9-13)20(22)23)18(3)11-16(21)17-2/h6-7,9,12H,4-5,8,10-11H2,1-3H3,(H,17,21)/t12-/m1/s1. The number of piperidine rings is 1. The van der Waals surface area contributed by atoms with Crippen molar-refractivity contribution >= 4 is 27.3 Å². The number of nitrogens with one attached hydrogen (secondary N) is 1. The molecule has 0 aliphatic carbocycles. The minimum Gasteiger partial charge on any atom is -0.360 e. The van der Waals surface area contributed by atoms with Crippen LogP contribution in [0.5, 0.6) is 0 Å². The molecule has 1 N–H and O–H groups in total. The summed E-state index contributed by atoms with van der Waals surface area (Å²) < 4.78 is 27.1. The lowest BCUT2D eigenvalue weighted by Gasteiger charge is -2.30. The molecule has 0 unspecified atom stereocenters. The van der Waals surface area contributed by atoms with Crippen LogP contribution in [0.3, 0.4) is 0 Å². The number of likely N-dealkylation sites (N-methyl/N-ethyl adjacent to an activating group) is 2. The number of sulfonamides is 1. The van der Waals surface area contributed by atoms with Gasteiger partial charge >= 0.3 is 0 Å². The Balaban J connectivity index is 2.38. The van der Waals surface area contributed by atoms with E-state index in [4.69, 9.17) is 0 Å². The Morgan fingerprint density at radius 2 is 2.15 bits per heavy atom. The van der Waals surface area contributed by atoms with E-state index in [0.717, 1.165) is 18.9 Å². The van der Waals surface area contributed by atoms with Crippen molar-refractivity contribution in [1.82, 2.24) is 9.62 Å². The first-order chi connectivity index (χ1) is 12.2. The zero-order chi connectivity index (χ0) is 19.5. The molecule has 10 heteroatoms. The Morgan fingerprint density at radius 3 is 2.73 bits per heavy atom. The molecule has 1 fully saturated rings. The van der Waals surface area contributed by atoms with Gasteiger partial charge in [0.15, 0.2) is 0 Å². The fourth-order valence-corrected chi connectivity index (χ4v) is 4.64. The summed E-state index contributed by atoms with van der Waals surface area (Å²) in [6.45, 7) is 2.74. The zero-order valence-corrected chi connectivity index (χ0v) is 16.0. The molecule has 26 heavy (non-hydrogen) atoms. The first-order valence-electron chi connectivity index (χ1n) is 8.37. The van der Waals surface area contributed by atoms with Gasteiger partial charge < -0.3 is 10.2 Å². The summed E-state index contributed by atoms with van der Waals surface area (Å²) in [5.74, 6) is -0.0488. The highest BCUT2D eigenvalue weighted by Gasteiger charge is 2.31. The lowest BCUT2D eigenvalue weighted by atomic mass is 10.0. The molecule has 144 valence electrons. The third-order valence-electron chi connectivity index (χ3n) is 4.47. The molecule has 0 aromatic heterocycles. The van der Waals surface area contributed by atoms with Crippen molar-refractivity contribution in [1.29, 1.82) is 0 Å². The van der Waals surface area contributed by atoms with Crippen LogP contribution in [0.4, 0.5) is 11.4 Å². The van der Waals surface area contributed by atoms with Crippen LogP contribution in [0.1, 0.15) is 19.8 Å². The molecule has 1 aliphatic heterocycles. The van der Waals surface area contributed by atoms with Crippen molar-refractivity contribution in [3.63, 3.8) is 0 Å². The maximum Gasteiger partial charge on any atom is 0.293 e. The first kappa shape index (κ1) is 20.1. The zero-order valence-electron chi connectivity index (χ0n) is 15.1. The van der Waals surface area contributed by atoms with Crippen LogP contribution < -0.4 is 10.2 Å². The molecule has 1 aromatic carbocycles. The smallest absolute Gasteiger partial charge is 0.293 e. The summed E-state index contributed by atoms with van der Waals surface area (Å²) in [7, 11) is -0.778. The molecule has 1 aliphatic rings. The van der Waals surface area contributed by atoms with Gasteiger partial charge in [0.25, 0.3) is 5.69 Å². The van der Waals surface area contributed by atoms with Crippen molar-refractivity contribution in [3.05, 3.63) is 28.3 Å². The predicted octanol–water partition coefficient (Wildman–Crippen LogP) is 1.20. The number of benzene rings is 1. The van der Waals surface area contributed by atoms with E-state index in [9.17, 15) is 23.3 Å². The molecule has 1 saturated heterocycles. The summed E-state index contributed by atoms with van der Waals surface area (Å²) >= 11 is 0. The molecule has 1 aromatic rings. The normalized spacial score (nSPS) is 18.3. The van der Waals surface area contributed by atoms with Crippen molar-refractivity contribution in [3.8, 4) is 0 Å². The van der Waals surface area contributed by atoms with E-state index in [-0.39, 0.29) is 34.6 Å². The maximum atomic E-state index is 12.8. The van der Waals surface area contributed by atoms with Crippen molar-refractivity contribution in [2.24, 2.45) is 5.92 Å². The van der Waals surface area contributed by atoms with Crippen molar-refractivity contribution in [2.75, 3.05) is 38.6 Å². The minimum atomic E-state index is -3.79. The number of nitrogens with zero attached hydrogens (tertiary/aromatic N) is 3. The monoisotopic (exact) mass is 384 g/mol. The number of hydrogen-bond donors (Lipinski definition) is 1. The summed E-state index contributed by atoms with van der Waals surface area (Å²) in [4.78, 5) is 23.7. The summed E-state index contributed by atoms with van der Waals surface area (Å²) in [6, 6.07) is 3.81. The molecule has 0 spiro atoms. The Hall–Kier alpha value is -2.20. The summed E-state index contributed by atoms with van der Waals surface area (Å²) in [5.41, 5.74) is -0.160. The van der Waals surface area contributed by atoms with Gasteiger partial charge in [0.1, 0.15) is 5.69 Å². The first-order valence-corrected chi connectivity index (χ1v) is 9.81. The van der Waals surface area contributed by atoms with Gasteiger partial charge in [0, 0.05) is 33.3 Å². The molecule has 0 radical (unpaired) electrons. The number of carbonyl (C=O) groups excluding carboxylic acids is 1. The van der Waals surface area contributed by atoms with Crippen LogP contribution >= 0.6 is 0 Å². The fourth-order valence-electron chi connectivity index (χ4n) is 3.03. The van der Waals surface area contributed by atoms with Crippen LogP contribution in [0.15, 0.2) is 23.1 Å². The average Bonchev–Trinajstić information content (AvgIpc) is 2.60. The van der Waals surface area contributed by atoms with E-state index in [1.165, 1.54) is 35.4 Å². The van der Waals surface area contributed by atoms with E-state index in [2.05, 4.69) is 5.32 Å². The average molecular weight is 384 g/mol. The number of rotatable bonds is 6. The van der Waals surface area contributed by atoms with Crippen molar-refractivity contribution < 1.29 is 18.1 Å². The fraction of sp³-hybridized carbons (Fsp3) is 0.562. The number of nitro benzene ring substituents is 1. The predicted molar refractivity (Wildman–Crippen MR) is 97.6 cm³/mol. The molecule has 1 amide bonds. The van der Waals surface area contributed by atoms with Gasteiger partial charge in [0.05, 0.1) is 16.4 Å². The van der Waals surface area contributed by atoms with Gasteiger partial charge in [-0.05, 0) is 30.9 Å². The van der Waals surface area contributed by atoms with E-state index in [1.54, 1.807) is 0 Å². The molecule has 0 saturated carbocycles. The number of amides is 1. The SMILES string of the molecule is CNC(=O)CN(C)c1ccc(S(=O)(=O)N2CCC[C@@H](C)C2)cc1[N+](=O)[O-]. The minimum absolute atomic E-state index is 0.0763. The lowest BCUT2D eigenvalue weighted by Crippen LogP contribution is -2.39. The van der Waals surface area contributed by atoms with E-state index >= 15 is 0 Å². The highest BCUT2D eigenvalue weighted by Crippen LogP contribution is 2.32. The molecular formula is C16H24N4O5S. The highest BCUT2D eigenvalue weighted by atomic mass is 32.2. The van der Waals surface area contributed by atoms with Gasteiger partial charge in [-0.25, -0.2) is 8.42 Å². The summed E-state index contributed by atoms with van der Waals surface area (Å²) in [5, 5.41) is 13.9. The van der Waals surface area contributed by atoms with Gasteiger partial charge in [-0.2, -0.15) is 4.31 Å². The van der Waals surface area contributed by atoms with Gasteiger partial charge in [0.2, 0.25) is 15.9 Å². The van der Waals surface area contributed by atoms with Crippen molar-refractivity contribution in [2.45, 2.75) is 24.7 Å². The van der Waals surface area contributed by atoms with Crippen LogP contribution in [-0.4, -0.2) is 57.3 Å². The highest BCUT2D eigenvalue weighted by molar-refractivity contribution is 7.89. The third-order valence-corrected chi connectivity index (χ3v) is 6.33. The van der Waals surface area contributed by atoms with Gasteiger partial charge in [-0.1, -0.05) is 6.92 Å². The lowest BCUT2D eigenvalue weighted by molar-refractivity contribution is -0.384. The summed E-state index contributed by atoms with van der Waals surface area (Å²) in [6.07, 6.45) is 1.74. The topological polar surface area (TPSA) is 113 Å². The second-order valence-electron chi connectivity index (χ2n) is 6.55. The molecule has 1 heterocycles. The van der Waals surface area contributed by atoms with Crippen LogP contribution in [-0.2, 0) is 14.8 Å². The molecular weight excluding hydrogens is 360 g/mol. The van der Waals surface area contributed by atoms with Crippen LogP contribution in [0.2, 0.25) is 0 Å². The number of anilines is 1. The van der Waals surface area contributed by atoms with E-state index in [1.807, 2.05) is 6.92 Å².